The highest BCUT2D eigenvalue weighted by molar-refractivity contribution is 14.1. The van der Waals surface area contributed by atoms with Crippen LogP contribution in [-0.4, -0.2) is 32.0 Å². The molecule has 2 aromatic carbocycles. The summed E-state index contributed by atoms with van der Waals surface area (Å²) in [6.07, 6.45) is 0. The normalized spacial score (nSPS) is 10.0. The van der Waals surface area contributed by atoms with Crippen LogP contribution < -0.4 is 15.5 Å². The van der Waals surface area contributed by atoms with Crippen LogP contribution in [0.3, 0.4) is 0 Å². The highest BCUT2D eigenvalue weighted by Crippen LogP contribution is 2.16. The molecule has 2 rings (SSSR count). The smallest absolute Gasteiger partial charge is 0.313 e. The van der Waals surface area contributed by atoms with Crippen molar-refractivity contribution in [1.29, 1.82) is 0 Å². The number of carbonyl (C=O) groups excluding carboxylic acids is 2. The first-order chi connectivity index (χ1) is 11.1. The van der Waals surface area contributed by atoms with Crippen LogP contribution in [0.2, 0.25) is 0 Å². The summed E-state index contributed by atoms with van der Waals surface area (Å²) in [7, 11) is 1.94. The summed E-state index contributed by atoms with van der Waals surface area (Å²) in [6, 6.07) is 17.2. The number of para-hydroxylation sites is 2. The fraction of sp³-hybridized carbons (Fsp3) is 0.176. The lowest BCUT2D eigenvalue weighted by Gasteiger charge is -2.19. The third-order valence-electron chi connectivity index (χ3n) is 3.26. The lowest BCUT2D eigenvalue weighted by Crippen LogP contribution is -2.39. The van der Waals surface area contributed by atoms with Gasteiger partial charge in [-0.15, -0.1) is 0 Å². The van der Waals surface area contributed by atoms with Gasteiger partial charge in [-0.25, -0.2) is 0 Å². The third-order valence-corrected chi connectivity index (χ3v) is 4.20. The van der Waals surface area contributed by atoms with E-state index in [4.69, 9.17) is 0 Å². The second-order valence-electron chi connectivity index (χ2n) is 4.95. The van der Waals surface area contributed by atoms with Gasteiger partial charge in [-0.3, -0.25) is 9.59 Å². The minimum atomic E-state index is -0.656. The molecule has 0 radical (unpaired) electrons. The van der Waals surface area contributed by atoms with Crippen molar-refractivity contribution in [3.8, 4) is 0 Å². The molecule has 0 aromatic heterocycles. The Balaban J connectivity index is 1.78. The van der Waals surface area contributed by atoms with E-state index in [1.807, 2.05) is 60.5 Å². The number of hydrogen-bond acceptors (Lipinski definition) is 3. The van der Waals surface area contributed by atoms with Crippen LogP contribution in [0.15, 0.2) is 54.6 Å². The second-order valence-corrected chi connectivity index (χ2v) is 6.11. The Morgan fingerprint density at radius 3 is 2.35 bits per heavy atom. The Labute approximate surface area is 149 Å². The lowest BCUT2D eigenvalue weighted by atomic mass is 10.3. The van der Waals surface area contributed by atoms with Crippen LogP contribution in [0.5, 0.6) is 0 Å². The Hall–Kier alpha value is -2.09. The highest BCUT2D eigenvalue weighted by Gasteiger charge is 2.14. The monoisotopic (exact) mass is 423 g/mol. The second kappa shape index (κ2) is 8.52. The Morgan fingerprint density at radius 2 is 1.65 bits per heavy atom. The molecule has 120 valence electrons. The molecule has 5 nitrogen and oxygen atoms in total. The van der Waals surface area contributed by atoms with E-state index in [1.165, 1.54) is 0 Å². The summed E-state index contributed by atoms with van der Waals surface area (Å²) in [4.78, 5) is 25.7. The molecule has 0 aliphatic rings. The number of nitrogens with one attached hydrogen (secondary N) is 2. The van der Waals surface area contributed by atoms with Gasteiger partial charge < -0.3 is 15.5 Å². The summed E-state index contributed by atoms with van der Waals surface area (Å²) < 4.78 is 0.884. The van der Waals surface area contributed by atoms with Gasteiger partial charge in [-0.2, -0.15) is 0 Å². The predicted molar refractivity (Wildman–Crippen MR) is 101 cm³/mol. The molecule has 0 heterocycles. The van der Waals surface area contributed by atoms with E-state index in [0.717, 1.165) is 9.26 Å². The molecule has 0 aliphatic carbocycles. The predicted octanol–water partition coefficient (Wildman–Crippen LogP) is 2.48. The number of carbonyl (C=O) groups is 2. The molecule has 23 heavy (non-hydrogen) atoms. The molecule has 0 atom stereocenters. The standard InChI is InChI=1S/C17H18IN3O2/c1-21(13-7-3-2-4-8-13)12-11-19-16(22)17(23)20-15-10-6-5-9-14(15)18/h2-10H,11-12H2,1H3,(H,19,22)(H,20,23). The molecular formula is C17H18IN3O2. The molecular weight excluding hydrogens is 405 g/mol. The Morgan fingerprint density at radius 1 is 1.00 bits per heavy atom. The lowest BCUT2D eigenvalue weighted by molar-refractivity contribution is -0.136. The maximum absolute atomic E-state index is 11.9. The molecule has 6 heteroatoms. The zero-order valence-corrected chi connectivity index (χ0v) is 14.9. The number of halogens is 1. The van der Waals surface area contributed by atoms with Crippen molar-refractivity contribution in [3.05, 3.63) is 58.2 Å². The fourth-order valence-corrected chi connectivity index (χ4v) is 2.49. The van der Waals surface area contributed by atoms with Gasteiger partial charge in [0.05, 0.1) is 5.69 Å². The van der Waals surface area contributed by atoms with E-state index in [1.54, 1.807) is 6.07 Å². The third kappa shape index (κ3) is 5.24. The van der Waals surface area contributed by atoms with Gasteiger partial charge in [-0.1, -0.05) is 30.3 Å². The van der Waals surface area contributed by atoms with Crippen molar-refractivity contribution >= 4 is 45.8 Å². The first-order valence-electron chi connectivity index (χ1n) is 7.18. The number of likely N-dealkylation sites (N-methyl/N-ethyl adjacent to an activating group) is 1. The highest BCUT2D eigenvalue weighted by atomic mass is 127. The van der Waals surface area contributed by atoms with Crippen LogP contribution in [-0.2, 0) is 9.59 Å². The van der Waals surface area contributed by atoms with Crippen molar-refractivity contribution in [2.45, 2.75) is 0 Å². The van der Waals surface area contributed by atoms with Gasteiger partial charge in [-0.05, 0) is 46.9 Å². The number of rotatable bonds is 5. The van der Waals surface area contributed by atoms with Crippen LogP contribution in [0, 0.1) is 3.57 Å². The molecule has 0 unspecified atom stereocenters. The molecule has 2 amide bonds. The average Bonchev–Trinajstić information content (AvgIpc) is 2.57. The van der Waals surface area contributed by atoms with Gasteiger partial charge in [0, 0.05) is 29.4 Å². The van der Waals surface area contributed by atoms with Crippen molar-refractivity contribution in [2.75, 3.05) is 30.4 Å². The SMILES string of the molecule is CN(CCNC(=O)C(=O)Nc1ccccc1I)c1ccccc1. The minimum absolute atomic E-state index is 0.392. The van der Waals surface area contributed by atoms with E-state index in [2.05, 4.69) is 33.2 Å². The Kier molecular flexibility index (Phi) is 6.40. The van der Waals surface area contributed by atoms with Gasteiger partial charge >= 0.3 is 11.8 Å². The van der Waals surface area contributed by atoms with Crippen LogP contribution in [0.25, 0.3) is 0 Å². The summed E-state index contributed by atoms with van der Waals surface area (Å²) in [6.45, 7) is 1.01. The quantitative estimate of drug-likeness (QED) is 0.574. The molecule has 0 aliphatic heterocycles. The van der Waals surface area contributed by atoms with Gasteiger partial charge in [0.15, 0.2) is 0 Å². The number of nitrogens with zero attached hydrogens (tertiary/aromatic N) is 1. The fourth-order valence-electron chi connectivity index (χ4n) is 1.97. The summed E-state index contributed by atoms with van der Waals surface area (Å²) >= 11 is 2.11. The first kappa shape index (κ1) is 17.3. The maximum Gasteiger partial charge on any atom is 0.313 e. The van der Waals surface area contributed by atoms with E-state index >= 15 is 0 Å². The van der Waals surface area contributed by atoms with Gasteiger partial charge in [0.25, 0.3) is 0 Å². The summed E-state index contributed by atoms with van der Waals surface area (Å²) in [5.41, 5.74) is 1.69. The molecule has 0 spiro atoms. The number of benzene rings is 2. The minimum Gasteiger partial charge on any atom is -0.373 e. The van der Waals surface area contributed by atoms with Crippen LogP contribution in [0.4, 0.5) is 11.4 Å². The Bertz CT molecular complexity index is 677. The molecule has 2 aromatic rings. The van der Waals surface area contributed by atoms with Crippen molar-refractivity contribution in [3.63, 3.8) is 0 Å². The molecule has 0 fully saturated rings. The number of hydrogen-bond donors (Lipinski definition) is 2. The van der Waals surface area contributed by atoms with Crippen LogP contribution >= 0.6 is 22.6 Å². The van der Waals surface area contributed by atoms with Crippen LogP contribution in [0.1, 0.15) is 0 Å². The first-order valence-corrected chi connectivity index (χ1v) is 8.25. The molecule has 0 saturated heterocycles. The van der Waals surface area contributed by atoms with E-state index in [0.29, 0.717) is 18.8 Å². The average molecular weight is 423 g/mol. The van der Waals surface area contributed by atoms with Crippen molar-refractivity contribution in [2.24, 2.45) is 0 Å². The molecule has 0 bridgehead atoms. The van der Waals surface area contributed by atoms with Crippen molar-refractivity contribution < 1.29 is 9.59 Å². The largest absolute Gasteiger partial charge is 0.373 e. The molecule has 2 N–H and O–H groups in total. The number of anilines is 2. The molecule has 0 saturated carbocycles. The zero-order valence-electron chi connectivity index (χ0n) is 12.8. The summed E-state index contributed by atoms with van der Waals surface area (Å²) in [5.74, 6) is -1.29. The maximum atomic E-state index is 11.9. The van der Waals surface area contributed by atoms with E-state index < -0.39 is 11.8 Å². The number of amides is 2. The zero-order chi connectivity index (χ0) is 16.7. The van der Waals surface area contributed by atoms with Crippen molar-refractivity contribution in [1.82, 2.24) is 5.32 Å². The summed E-state index contributed by atoms with van der Waals surface area (Å²) in [5, 5.41) is 5.24. The topological polar surface area (TPSA) is 61.4 Å². The van der Waals surface area contributed by atoms with E-state index in [-0.39, 0.29) is 0 Å². The van der Waals surface area contributed by atoms with Gasteiger partial charge in [0.2, 0.25) is 0 Å². The van der Waals surface area contributed by atoms with E-state index in [9.17, 15) is 9.59 Å². The van der Waals surface area contributed by atoms with Gasteiger partial charge in [0.1, 0.15) is 0 Å².